The molecular formula is C24H24N2O5. The Balaban J connectivity index is 1.44. The minimum Gasteiger partial charge on any atom is -0.484 e. The van der Waals surface area contributed by atoms with E-state index in [0.717, 1.165) is 5.75 Å². The molecule has 0 heterocycles. The molecule has 0 aliphatic carbocycles. The van der Waals surface area contributed by atoms with E-state index >= 15 is 0 Å². The van der Waals surface area contributed by atoms with Gasteiger partial charge in [0.1, 0.15) is 23.9 Å². The molecule has 2 N–H and O–H groups in total. The van der Waals surface area contributed by atoms with Crippen molar-refractivity contribution >= 4 is 23.2 Å². The molecule has 0 aliphatic heterocycles. The standard InChI is InChI=1S/C24H24N2O5/c1-17-3-9-21(10-4-17)31-22-13-11-20(12-14-22)30-16-24(28)26-19-7-5-18(6-8-19)25-23(27)15-29-2/h3-14H,15-16H2,1-2H3,(H,25,27)(H,26,28). The topological polar surface area (TPSA) is 85.9 Å². The highest BCUT2D eigenvalue weighted by atomic mass is 16.5. The summed E-state index contributed by atoms with van der Waals surface area (Å²) in [6.45, 7) is 1.87. The van der Waals surface area contributed by atoms with Gasteiger partial charge in [-0.25, -0.2) is 0 Å². The predicted molar refractivity (Wildman–Crippen MR) is 119 cm³/mol. The van der Waals surface area contributed by atoms with Crippen molar-refractivity contribution in [1.82, 2.24) is 0 Å². The molecule has 0 aliphatic rings. The van der Waals surface area contributed by atoms with Gasteiger partial charge in [0.05, 0.1) is 0 Å². The van der Waals surface area contributed by atoms with Crippen LogP contribution in [0, 0.1) is 6.92 Å². The predicted octanol–water partition coefficient (Wildman–Crippen LogP) is 4.39. The van der Waals surface area contributed by atoms with Gasteiger partial charge in [-0.1, -0.05) is 17.7 Å². The summed E-state index contributed by atoms with van der Waals surface area (Å²) >= 11 is 0. The fraction of sp³-hybridized carbons (Fsp3) is 0.167. The fourth-order valence-corrected chi connectivity index (χ4v) is 2.66. The number of hydrogen-bond donors (Lipinski definition) is 2. The monoisotopic (exact) mass is 420 g/mol. The fourth-order valence-electron chi connectivity index (χ4n) is 2.66. The van der Waals surface area contributed by atoms with Crippen molar-refractivity contribution in [2.75, 3.05) is 31.0 Å². The van der Waals surface area contributed by atoms with Gasteiger partial charge in [0.25, 0.3) is 5.91 Å². The van der Waals surface area contributed by atoms with Crippen LogP contribution in [0.5, 0.6) is 17.2 Å². The summed E-state index contributed by atoms with van der Waals surface area (Å²) < 4.78 is 16.1. The molecule has 3 rings (SSSR count). The molecule has 7 nitrogen and oxygen atoms in total. The van der Waals surface area contributed by atoms with Gasteiger partial charge in [-0.3, -0.25) is 9.59 Å². The zero-order chi connectivity index (χ0) is 22.1. The summed E-state index contributed by atoms with van der Waals surface area (Å²) in [7, 11) is 1.45. The van der Waals surface area contributed by atoms with Crippen LogP contribution in [0.3, 0.4) is 0 Å². The molecule has 3 aromatic carbocycles. The number of benzene rings is 3. The number of nitrogens with one attached hydrogen (secondary N) is 2. The first-order chi connectivity index (χ1) is 15.0. The summed E-state index contributed by atoms with van der Waals surface area (Å²) in [5.74, 6) is 1.45. The van der Waals surface area contributed by atoms with E-state index in [-0.39, 0.29) is 25.0 Å². The number of carbonyl (C=O) groups is 2. The normalized spacial score (nSPS) is 10.3. The average molecular weight is 420 g/mol. The second-order valence-corrected chi connectivity index (χ2v) is 6.78. The van der Waals surface area contributed by atoms with Gasteiger partial charge in [-0.15, -0.1) is 0 Å². The highest BCUT2D eigenvalue weighted by Crippen LogP contribution is 2.24. The second kappa shape index (κ2) is 10.8. The molecule has 0 aromatic heterocycles. The van der Waals surface area contributed by atoms with Crippen LogP contribution < -0.4 is 20.1 Å². The van der Waals surface area contributed by atoms with Crippen molar-refractivity contribution in [2.45, 2.75) is 6.92 Å². The van der Waals surface area contributed by atoms with E-state index in [2.05, 4.69) is 10.6 Å². The Morgan fingerprint density at radius 2 is 1.13 bits per heavy atom. The molecule has 3 aromatic rings. The Morgan fingerprint density at radius 1 is 0.677 bits per heavy atom. The summed E-state index contributed by atoms with van der Waals surface area (Å²) in [6.07, 6.45) is 0. The van der Waals surface area contributed by atoms with Gasteiger partial charge in [0.2, 0.25) is 5.91 Å². The molecule has 0 saturated carbocycles. The highest BCUT2D eigenvalue weighted by molar-refractivity contribution is 5.93. The number of amides is 2. The van der Waals surface area contributed by atoms with E-state index in [0.29, 0.717) is 22.9 Å². The van der Waals surface area contributed by atoms with Crippen molar-refractivity contribution in [3.8, 4) is 17.2 Å². The summed E-state index contributed by atoms with van der Waals surface area (Å²) in [4.78, 5) is 23.6. The minimum atomic E-state index is -0.295. The van der Waals surface area contributed by atoms with E-state index in [9.17, 15) is 9.59 Å². The first kappa shape index (κ1) is 21.9. The SMILES string of the molecule is COCC(=O)Nc1ccc(NC(=O)COc2ccc(Oc3ccc(C)cc3)cc2)cc1. The first-order valence-corrected chi connectivity index (χ1v) is 9.68. The quantitative estimate of drug-likeness (QED) is 0.536. The maximum atomic E-state index is 12.1. The zero-order valence-electron chi connectivity index (χ0n) is 17.4. The Hall–Kier alpha value is -3.84. The third kappa shape index (κ3) is 7.17. The van der Waals surface area contributed by atoms with Crippen LogP contribution >= 0.6 is 0 Å². The molecular weight excluding hydrogens is 396 g/mol. The number of rotatable bonds is 9. The van der Waals surface area contributed by atoms with E-state index < -0.39 is 0 Å². The molecule has 160 valence electrons. The van der Waals surface area contributed by atoms with Gasteiger partial charge >= 0.3 is 0 Å². The van der Waals surface area contributed by atoms with Crippen LogP contribution in [-0.4, -0.2) is 32.1 Å². The van der Waals surface area contributed by atoms with Crippen molar-refractivity contribution in [2.24, 2.45) is 0 Å². The molecule has 2 amide bonds. The van der Waals surface area contributed by atoms with Crippen LogP contribution in [0.25, 0.3) is 0 Å². The molecule has 7 heteroatoms. The molecule has 0 atom stereocenters. The Kier molecular flexibility index (Phi) is 7.61. The lowest BCUT2D eigenvalue weighted by atomic mass is 10.2. The van der Waals surface area contributed by atoms with Gasteiger partial charge in [0, 0.05) is 18.5 Å². The first-order valence-electron chi connectivity index (χ1n) is 9.68. The van der Waals surface area contributed by atoms with Crippen LogP contribution in [0.4, 0.5) is 11.4 Å². The number of ether oxygens (including phenoxy) is 3. The number of carbonyl (C=O) groups excluding carboxylic acids is 2. The number of hydrogen-bond acceptors (Lipinski definition) is 5. The molecule has 31 heavy (non-hydrogen) atoms. The molecule has 0 spiro atoms. The Morgan fingerprint density at radius 3 is 1.65 bits per heavy atom. The van der Waals surface area contributed by atoms with Gasteiger partial charge in [0.15, 0.2) is 6.61 Å². The van der Waals surface area contributed by atoms with E-state index in [1.165, 1.54) is 12.7 Å². The van der Waals surface area contributed by atoms with E-state index in [1.807, 2.05) is 31.2 Å². The third-order valence-corrected chi connectivity index (χ3v) is 4.18. The van der Waals surface area contributed by atoms with Gasteiger partial charge in [-0.2, -0.15) is 0 Å². The van der Waals surface area contributed by atoms with Gasteiger partial charge in [-0.05, 0) is 67.6 Å². The Labute approximate surface area is 180 Å². The molecule has 0 unspecified atom stereocenters. The highest BCUT2D eigenvalue weighted by Gasteiger charge is 2.06. The van der Waals surface area contributed by atoms with Crippen LogP contribution in [0.15, 0.2) is 72.8 Å². The van der Waals surface area contributed by atoms with Crippen molar-refractivity contribution < 1.29 is 23.8 Å². The summed E-state index contributed by atoms with van der Waals surface area (Å²) in [5.41, 5.74) is 2.38. The maximum absolute atomic E-state index is 12.1. The lowest BCUT2D eigenvalue weighted by molar-refractivity contribution is -0.120. The Bertz CT molecular complexity index is 1000. The average Bonchev–Trinajstić information content (AvgIpc) is 2.76. The third-order valence-electron chi connectivity index (χ3n) is 4.18. The summed E-state index contributed by atoms with van der Waals surface area (Å²) in [5, 5.41) is 5.42. The molecule has 0 saturated heterocycles. The lowest BCUT2D eigenvalue weighted by Gasteiger charge is -2.10. The zero-order valence-corrected chi connectivity index (χ0v) is 17.4. The number of aryl methyl sites for hydroxylation is 1. The summed E-state index contributed by atoms with van der Waals surface area (Å²) in [6, 6.07) is 21.6. The second-order valence-electron chi connectivity index (χ2n) is 6.78. The molecule has 0 fully saturated rings. The number of methoxy groups -OCH3 is 1. The van der Waals surface area contributed by atoms with Crippen molar-refractivity contribution in [3.63, 3.8) is 0 Å². The van der Waals surface area contributed by atoms with Crippen LogP contribution in [0.1, 0.15) is 5.56 Å². The van der Waals surface area contributed by atoms with Crippen molar-refractivity contribution in [3.05, 3.63) is 78.4 Å². The largest absolute Gasteiger partial charge is 0.484 e. The van der Waals surface area contributed by atoms with Crippen LogP contribution in [0.2, 0.25) is 0 Å². The van der Waals surface area contributed by atoms with Crippen LogP contribution in [-0.2, 0) is 14.3 Å². The van der Waals surface area contributed by atoms with E-state index in [1.54, 1.807) is 48.5 Å². The minimum absolute atomic E-state index is 0.0190. The smallest absolute Gasteiger partial charge is 0.262 e. The lowest BCUT2D eigenvalue weighted by Crippen LogP contribution is -2.20. The molecule has 0 bridgehead atoms. The van der Waals surface area contributed by atoms with E-state index in [4.69, 9.17) is 14.2 Å². The molecule has 0 radical (unpaired) electrons. The maximum Gasteiger partial charge on any atom is 0.262 e. The number of anilines is 2. The van der Waals surface area contributed by atoms with Crippen molar-refractivity contribution in [1.29, 1.82) is 0 Å². The van der Waals surface area contributed by atoms with Gasteiger partial charge < -0.3 is 24.8 Å².